The highest BCUT2D eigenvalue weighted by Gasteiger charge is 2.14. The molecule has 1 aromatic heterocycles. The number of carbonyl (C=O) groups excluding carboxylic acids is 1. The number of sulfonamides is 1. The molecule has 1 aromatic rings. The summed E-state index contributed by atoms with van der Waals surface area (Å²) in [5.74, 6) is -0.0656. The molecule has 2 N–H and O–H groups in total. The van der Waals surface area contributed by atoms with E-state index in [1.165, 1.54) is 20.2 Å². The monoisotopic (exact) mass is 287 g/mol. The average molecular weight is 287 g/mol. The first-order chi connectivity index (χ1) is 8.86. The number of nitrogens with one attached hydrogen (secondary N) is 2. The van der Waals surface area contributed by atoms with Crippen LogP contribution in [0.25, 0.3) is 0 Å². The van der Waals surface area contributed by atoms with E-state index in [9.17, 15) is 13.2 Å². The van der Waals surface area contributed by atoms with Crippen LogP contribution in [-0.2, 0) is 10.0 Å². The maximum Gasteiger partial charge on any atom is 0.271 e. The highest BCUT2D eigenvalue weighted by atomic mass is 32.2. The molecule has 0 fully saturated rings. The minimum atomic E-state index is -3.31. The Morgan fingerprint density at radius 2 is 2.00 bits per heavy atom. The van der Waals surface area contributed by atoms with Crippen LogP contribution in [-0.4, -0.2) is 62.3 Å². The Hall–Kier alpha value is -1.74. The van der Waals surface area contributed by atoms with Gasteiger partial charge in [0, 0.05) is 27.7 Å². The Balaban J connectivity index is 2.52. The fourth-order valence-corrected chi connectivity index (χ4v) is 1.88. The zero-order valence-corrected chi connectivity index (χ0v) is 11.9. The van der Waals surface area contributed by atoms with Crippen LogP contribution >= 0.6 is 0 Å². The van der Waals surface area contributed by atoms with Gasteiger partial charge in [0.2, 0.25) is 10.0 Å². The molecule has 0 spiro atoms. The molecule has 9 heteroatoms. The lowest BCUT2D eigenvalue weighted by atomic mass is 10.3. The lowest BCUT2D eigenvalue weighted by Crippen LogP contribution is -2.34. The van der Waals surface area contributed by atoms with Gasteiger partial charge in [-0.2, -0.15) is 0 Å². The third-order valence-corrected chi connectivity index (χ3v) is 4.19. The van der Waals surface area contributed by atoms with Crippen molar-refractivity contribution in [2.24, 2.45) is 0 Å². The predicted molar refractivity (Wildman–Crippen MR) is 71.4 cm³/mol. The first kappa shape index (κ1) is 15.3. The molecule has 1 amide bonds. The van der Waals surface area contributed by atoms with Crippen LogP contribution in [0.3, 0.4) is 0 Å². The van der Waals surface area contributed by atoms with E-state index in [4.69, 9.17) is 0 Å². The van der Waals surface area contributed by atoms with E-state index >= 15 is 0 Å². The van der Waals surface area contributed by atoms with E-state index in [-0.39, 0.29) is 18.0 Å². The molecule has 8 nitrogen and oxygen atoms in total. The fraction of sp³-hybridized carbons (Fsp3) is 0.500. The van der Waals surface area contributed by atoms with Gasteiger partial charge in [-0.3, -0.25) is 4.79 Å². The molecule has 0 aromatic carbocycles. The molecular formula is C10H17N5O3S. The zero-order valence-electron chi connectivity index (χ0n) is 11.0. The lowest BCUT2D eigenvalue weighted by Gasteiger charge is -2.11. The highest BCUT2D eigenvalue weighted by molar-refractivity contribution is 7.89. The van der Waals surface area contributed by atoms with E-state index in [1.54, 1.807) is 13.1 Å². The van der Waals surface area contributed by atoms with Crippen molar-refractivity contribution in [2.75, 3.05) is 38.8 Å². The quantitative estimate of drug-likeness (QED) is 0.705. The summed E-state index contributed by atoms with van der Waals surface area (Å²) in [4.78, 5) is 11.7. The third kappa shape index (κ3) is 4.45. The number of rotatable bonds is 6. The Kier molecular flexibility index (Phi) is 5.19. The van der Waals surface area contributed by atoms with Gasteiger partial charge in [0.15, 0.2) is 5.69 Å². The smallest absolute Gasteiger partial charge is 0.271 e. The molecule has 0 radical (unpaired) electrons. The van der Waals surface area contributed by atoms with E-state index in [1.807, 2.05) is 0 Å². The minimum absolute atomic E-state index is 0.0226. The van der Waals surface area contributed by atoms with Gasteiger partial charge in [0.25, 0.3) is 5.91 Å². The van der Waals surface area contributed by atoms with Gasteiger partial charge in [-0.1, -0.05) is 0 Å². The average Bonchev–Trinajstić information content (AvgIpc) is 2.38. The molecule has 1 rings (SSSR count). The molecular weight excluding hydrogens is 270 g/mol. The minimum Gasteiger partial charge on any atom is -0.372 e. The summed E-state index contributed by atoms with van der Waals surface area (Å²) >= 11 is 0. The molecule has 19 heavy (non-hydrogen) atoms. The molecule has 0 saturated carbocycles. The Morgan fingerprint density at radius 1 is 1.32 bits per heavy atom. The van der Waals surface area contributed by atoms with Gasteiger partial charge in [0.05, 0.1) is 5.75 Å². The molecule has 0 aliphatic carbocycles. The van der Waals surface area contributed by atoms with E-state index < -0.39 is 15.9 Å². The second-order valence-electron chi connectivity index (χ2n) is 3.91. The molecule has 0 saturated heterocycles. The predicted octanol–water partition coefficient (Wildman–Crippen LogP) is -0.860. The van der Waals surface area contributed by atoms with Crippen molar-refractivity contribution in [3.8, 4) is 0 Å². The van der Waals surface area contributed by atoms with Crippen LogP contribution in [0.2, 0.25) is 0 Å². The molecule has 0 bridgehead atoms. The molecule has 0 unspecified atom stereocenters. The fourth-order valence-electron chi connectivity index (χ4n) is 1.15. The standard InChI is InChI=1S/C10H17N5O3S/c1-11-9-5-4-8(13-14-9)10(16)12-6-7-19(17,18)15(2)3/h4-5H,6-7H2,1-3H3,(H,11,14)(H,12,16). The third-order valence-electron chi connectivity index (χ3n) is 2.36. The van der Waals surface area contributed by atoms with Crippen molar-refractivity contribution in [3.63, 3.8) is 0 Å². The van der Waals surface area contributed by atoms with Gasteiger partial charge in [-0.25, -0.2) is 12.7 Å². The van der Waals surface area contributed by atoms with Gasteiger partial charge in [-0.05, 0) is 12.1 Å². The second-order valence-corrected chi connectivity index (χ2v) is 6.21. The molecule has 0 aliphatic rings. The number of hydrogen-bond donors (Lipinski definition) is 2. The summed E-state index contributed by atoms with van der Waals surface area (Å²) in [6, 6.07) is 3.12. The SMILES string of the molecule is CNc1ccc(C(=O)NCCS(=O)(=O)N(C)C)nn1. The zero-order chi connectivity index (χ0) is 14.5. The Bertz CT molecular complexity index is 527. The molecule has 0 atom stereocenters. The summed E-state index contributed by atoms with van der Waals surface area (Å²) in [7, 11) is 1.26. The number of anilines is 1. The van der Waals surface area contributed by atoms with Crippen molar-refractivity contribution >= 4 is 21.7 Å². The first-order valence-electron chi connectivity index (χ1n) is 5.56. The Labute approximate surface area is 112 Å². The van der Waals surface area contributed by atoms with Gasteiger partial charge in [-0.15, -0.1) is 10.2 Å². The number of hydrogen-bond acceptors (Lipinski definition) is 6. The van der Waals surface area contributed by atoms with Crippen LogP contribution in [0, 0.1) is 0 Å². The molecule has 0 aliphatic heterocycles. The van der Waals surface area contributed by atoms with Crippen LogP contribution in [0.1, 0.15) is 10.5 Å². The molecule has 1 heterocycles. The maximum atomic E-state index is 11.7. The second kappa shape index (κ2) is 6.43. The summed E-state index contributed by atoms with van der Waals surface area (Å²) < 4.78 is 24.1. The summed E-state index contributed by atoms with van der Waals surface area (Å²) in [6.45, 7) is 0.0226. The van der Waals surface area contributed by atoms with Crippen LogP contribution < -0.4 is 10.6 Å². The van der Waals surface area contributed by atoms with E-state index in [0.29, 0.717) is 5.82 Å². The number of nitrogens with zero attached hydrogens (tertiary/aromatic N) is 3. The lowest BCUT2D eigenvalue weighted by molar-refractivity contribution is 0.0950. The van der Waals surface area contributed by atoms with Crippen molar-refractivity contribution in [2.45, 2.75) is 0 Å². The van der Waals surface area contributed by atoms with Crippen LogP contribution in [0.5, 0.6) is 0 Å². The largest absolute Gasteiger partial charge is 0.372 e. The van der Waals surface area contributed by atoms with Crippen LogP contribution in [0.15, 0.2) is 12.1 Å². The summed E-state index contributed by atoms with van der Waals surface area (Å²) in [5, 5.41) is 12.7. The van der Waals surface area contributed by atoms with Crippen LogP contribution in [0.4, 0.5) is 5.82 Å². The van der Waals surface area contributed by atoms with Crippen molar-refractivity contribution in [1.82, 2.24) is 19.8 Å². The number of amides is 1. The van der Waals surface area contributed by atoms with Gasteiger partial charge < -0.3 is 10.6 Å². The van der Waals surface area contributed by atoms with Gasteiger partial charge >= 0.3 is 0 Å². The first-order valence-corrected chi connectivity index (χ1v) is 7.17. The highest BCUT2D eigenvalue weighted by Crippen LogP contribution is 2.00. The van der Waals surface area contributed by atoms with E-state index in [0.717, 1.165) is 4.31 Å². The van der Waals surface area contributed by atoms with Crippen molar-refractivity contribution in [1.29, 1.82) is 0 Å². The topological polar surface area (TPSA) is 104 Å². The van der Waals surface area contributed by atoms with E-state index in [2.05, 4.69) is 20.8 Å². The summed E-state index contributed by atoms with van der Waals surface area (Å²) in [6.07, 6.45) is 0. The van der Waals surface area contributed by atoms with Gasteiger partial charge in [0.1, 0.15) is 5.82 Å². The number of carbonyl (C=O) groups is 1. The molecule has 106 valence electrons. The Morgan fingerprint density at radius 3 is 2.47 bits per heavy atom. The summed E-state index contributed by atoms with van der Waals surface area (Å²) in [5.41, 5.74) is 0.140. The maximum absolute atomic E-state index is 11.7. The number of aromatic nitrogens is 2. The van der Waals surface area contributed by atoms with Crippen molar-refractivity contribution < 1.29 is 13.2 Å². The normalized spacial score (nSPS) is 11.4. The van der Waals surface area contributed by atoms with Crippen molar-refractivity contribution in [3.05, 3.63) is 17.8 Å².